The molecular formula is C18H18Cl2N2O3S. The standard InChI is InChI=1S/C18H18Cl2N2O3S/c1-10(2)11-3-5-13(6-4-11)25-9-16(23)22-18(26)21-12-7-14(19)17(24)15(20)8-12/h3-8,10,24H,9H2,1-2H3,(H2,21,22,23,26). The maximum Gasteiger partial charge on any atom is 0.264 e. The molecule has 26 heavy (non-hydrogen) atoms. The van der Waals surface area contributed by atoms with Crippen molar-refractivity contribution in [2.45, 2.75) is 19.8 Å². The van der Waals surface area contributed by atoms with Crippen LogP contribution in [0.15, 0.2) is 36.4 Å². The SMILES string of the molecule is CC(C)c1ccc(OCC(=O)NC(=S)Nc2cc(Cl)c(O)c(Cl)c2)cc1. The highest BCUT2D eigenvalue weighted by molar-refractivity contribution is 7.80. The Morgan fingerprint density at radius 2 is 1.77 bits per heavy atom. The van der Waals surface area contributed by atoms with Crippen molar-refractivity contribution in [2.75, 3.05) is 11.9 Å². The quantitative estimate of drug-likeness (QED) is 0.489. The van der Waals surface area contributed by atoms with E-state index in [-0.39, 0.29) is 27.5 Å². The molecule has 2 aromatic carbocycles. The first-order chi connectivity index (χ1) is 12.3. The fraction of sp³-hybridized carbons (Fsp3) is 0.222. The lowest BCUT2D eigenvalue weighted by atomic mass is 10.0. The van der Waals surface area contributed by atoms with Crippen molar-refractivity contribution in [2.24, 2.45) is 0 Å². The normalized spacial score (nSPS) is 10.5. The van der Waals surface area contributed by atoms with Crippen molar-refractivity contribution in [1.82, 2.24) is 5.32 Å². The van der Waals surface area contributed by atoms with Gasteiger partial charge in [0, 0.05) is 5.69 Å². The van der Waals surface area contributed by atoms with E-state index in [4.69, 9.17) is 40.2 Å². The van der Waals surface area contributed by atoms with E-state index in [1.54, 1.807) is 0 Å². The number of halogens is 2. The van der Waals surface area contributed by atoms with Gasteiger partial charge in [0.2, 0.25) is 0 Å². The second-order valence-corrected chi connectivity index (χ2v) is 7.03. The fourth-order valence-corrected chi connectivity index (χ4v) is 2.78. The van der Waals surface area contributed by atoms with Crippen LogP contribution in [0.4, 0.5) is 5.69 Å². The summed E-state index contributed by atoms with van der Waals surface area (Å²) in [6.07, 6.45) is 0. The highest BCUT2D eigenvalue weighted by Crippen LogP contribution is 2.34. The zero-order valence-corrected chi connectivity index (χ0v) is 16.5. The minimum atomic E-state index is -0.411. The summed E-state index contributed by atoms with van der Waals surface area (Å²) in [7, 11) is 0. The highest BCUT2D eigenvalue weighted by atomic mass is 35.5. The fourth-order valence-electron chi connectivity index (χ4n) is 2.06. The number of aromatic hydroxyl groups is 1. The molecule has 2 aromatic rings. The van der Waals surface area contributed by atoms with Crippen molar-refractivity contribution >= 4 is 52.1 Å². The van der Waals surface area contributed by atoms with Crippen molar-refractivity contribution in [1.29, 1.82) is 0 Å². The first-order valence-electron chi connectivity index (χ1n) is 7.78. The molecule has 0 fully saturated rings. The molecule has 0 atom stereocenters. The van der Waals surface area contributed by atoms with Gasteiger partial charge in [-0.15, -0.1) is 0 Å². The number of hydrogen-bond acceptors (Lipinski definition) is 4. The molecule has 0 radical (unpaired) electrons. The molecule has 0 unspecified atom stereocenters. The molecule has 0 aliphatic heterocycles. The predicted molar refractivity (Wildman–Crippen MR) is 109 cm³/mol. The number of rotatable bonds is 5. The Bertz CT molecular complexity index is 788. The Morgan fingerprint density at radius 3 is 2.31 bits per heavy atom. The smallest absolute Gasteiger partial charge is 0.264 e. The molecule has 1 amide bonds. The molecular weight excluding hydrogens is 395 g/mol. The number of amides is 1. The number of thiocarbonyl (C=S) groups is 1. The van der Waals surface area contributed by atoms with Crippen molar-refractivity contribution < 1.29 is 14.6 Å². The molecule has 0 aliphatic rings. The van der Waals surface area contributed by atoms with Gasteiger partial charge in [0.1, 0.15) is 5.75 Å². The summed E-state index contributed by atoms with van der Waals surface area (Å²) in [5.41, 5.74) is 1.63. The maximum absolute atomic E-state index is 11.9. The molecule has 0 heterocycles. The lowest BCUT2D eigenvalue weighted by Crippen LogP contribution is -2.37. The van der Waals surface area contributed by atoms with Crippen LogP contribution in [0.5, 0.6) is 11.5 Å². The van der Waals surface area contributed by atoms with E-state index in [1.165, 1.54) is 17.7 Å². The van der Waals surface area contributed by atoms with Crippen molar-refractivity contribution in [3.8, 4) is 11.5 Å². The summed E-state index contributed by atoms with van der Waals surface area (Å²) in [6.45, 7) is 4.03. The number of phenolic OH excluding ortho intramolecular Hbond substituents is 1. The third-order valence-corrected chi connectivity index (χ3v) is 4.22. The average molecular weight is 413 g/mol. The molecule has 8 heteroatoms. The summed E-state index contributed by atoms with van der Waals surface area (Å²) in [6, 6.07) is 10.4. The van der Waals surface area contributed by atoms with Crippen LogP contribution in [0.3, 0.4) is 0 Å². The van der Waals surface area contributed by atoms with Crippen molar-refractivity contribution in [3.05, 3.63) is 52.0 Å². The topological polar surface area (TPSA) is 70.6 Å². The maximum atomic E-state index is 11.9. The van der Waals surface area contributed by atoms with Crippen LogP contribution >= 0.6 is 35.4 Å². The highest BCUT2D eigenvalue weighted by Gasteiger charge is 2.10. The molecule has 5 nitrogen and oxygen atoms in total. The van der Waals surface area contributed by atoms with Gasteiger partial charge < -0.3 is 15.2 Å². The zero-order chi connectivity index (χ0) is 19.3. The van der Waals surface area contributed by atoms with E-state index < -0.39 is 5.91 Å². The molecule has 3 N–H and O–H groups in total. The Morgan fingerprint density at radius 1 is 1.19 bits per heavy atom. The third-order valence-electron chi connectivity index (χ3n) is 3.44. The monoisotopic (exact) mass is 412 g/mol. The molecule has 0 aromatic heterocycles. The molecule has 0 bridgehead atoms. The first-order valence-corrected chi connectivity index (χ1v) is 8.94. The number of ether oxygens (including phenoxy) is 1. The molecule has 0 saturated heterocycles. The van der Waals surface area contributed by atoms with Crippen LogP contribution in [0.1, 0.15) is 25.3 Å². The van der Waals surface area contributed by atoms with E-state index in [1.807, 2.05) is 24.3 Å². The second-order valence-electron chi connectivity index (χ2n) is 5.80. The predicted octanol–water partition coefficient (Wildman–Crippen LogP) is 4.71. The molecule has 138 valence electrons. The van der Waals surface area contributed by atoms with Gasteiger partial charge in [-0.3, -0.25) is 10.1 Å². The molecule has 2 rings (SSSR count). The Balaban J connectivity index is 1.84. The van der Waals surface area contributed by atoms with Gasteiger partial charge in [-0.1, -0.05) is 49.2 Å². The Labute approximate surface area is 167 Å². The second kappa shape index (κ2) is 9.07. The summed E-state index contributed by atoms with van der Waals surface area (Å²) >= 11 is 16.7. The molecule has 0 spiro atoms. The van der Waals surface area contributed by atoms with Gasteiger partial charge in [-0.05, 0) is 48.0 Å². The van der Waals surface area contributed by atoms with Crippen LogP contribution in [0.25, 0.3) is 0 Å². The lowest BCUT2D eigenvalue weighted by Gasteiger charge is -2.12. The number of hydrogen-bond donors (Lipinski definition) is 3. The number of phenols is 1. The van der Waals surface area contributed by atoms with Gasteiger partial charge in [0.05, 0.1) is 10.0 Å². The largest absolute Gasteiger partial charge is 0.505 e. The lowest BCUT2D eigenvalue weighted by molar-refractivity contribution is -0.121. The average Bonchev–Trinajstić information content (AvgIpc) is 2.58. The summed E-state index contributed by atoms with van der Waals surface area (Å²) in [5, 5.41) is 15.0. The Kier molecular flexibility index (Phi) is 7.08. The van der Waals surface area contributed by atoms with Gasteiger partial charge in [-0.2, -0.15) is 0 Å². The van der Waals surface area contributed by atoms with Crippen LogP contribution in [-0.2, 0) is 4.79 Å². The van der Waals surface area contributed by atoms with Crippen LogP contribution in [0, 0.1) is 0 Å². The van der Waals surface area contributed by atoms with Crippen LogP contribution in [-0.4, -0.2) is 22.7 Å². The van der Waals surface area contributed by atoms with E-state index in [0.29, 0.717) is 17.4 Å². The van der Waals surface area contributed by atoms with Gasteiger partial charge in [0.15, 0.2) is 17.5 Å². The van der Waals surface area contributed by atoms with Crippen LogP contribution in [0.2, 0.25) is 10.0 Å². The van der Waals surface area contributed by atoms with Gasteiger partial charge >= 0.3 is 0 Å². The van der Waals surface area contributed by atoms with Crippen LogP contribution < -0.4 is 15.4 Å². The number of carbonyl (C=O) groups excluding carboxylic acids is 1. The molecule has 0 aliphatic carbocycles. The van der Waals surface area contributed by atoms with E-state index in [9.17, 15) is 9.90 Å². The first kappa shape index (κ1) is 20.3. The minimum absolute atomic E-state index is 0.0616. The number of nitrogens with one attached hydrogen (secondary N) is 2. The minimum Gasteiger partial charge on any atom is -0.505 e. The Hall–Kier alpha value is -2.02. The zero-order valence-electron chi connectivity index (χ0n) is 14.2. The molecule has 0 saturated carbocycles. The van der Waals surface area contributed by atoms with E-state index in [2.05, 4.69) is 24.5 Å². The van der Waals surface area contributed by atoms with E-state index >= 15 is 0 Å². The van der Waals surface area contributed by atoms with Gasteiger partial charge in [0.25, 0.3) is 5.91 Å². The number of carbonyl (C=O) groups is 1. The third kappa shape index (κ3) is 5.76. The number of anilines is 1. The van der Waals surface area contributed by atoms with Crippen molar-refractivity contribution in [3.63, 3.8) is 0 Å². The summed E-state index contributed by atoms with van der Waals surface area (Å²) < 4.78 is 5.43. The van der Waals surface area contributed by atoms with Gasteiger partial charge in [-0.25, -0.2) is 0 Å². The summed E-state index contributed by atoms with van der Waals surface area (Å²) in [5.74, 6) is 0.398. The summed E-state index contributed by atoms with van der Waals surface area (Å²) in [4.78, 5) is 11.9. The van der Waals surface area contributed by atoms with E-state index in [0.717, 1.165) is 0 Å². The number of benzene rings is 2.